The van der Waals surface area contributed by atoms with Crippen molar-refractivity contribution < 1.29 is 4.39 Å². The first-order valence-corrected chi connectivity index (χ1v) is 4.98. The van der Waals surface area contributed by atoms with Crippen molar-refractivity contribution in [2.45, 2.75) is 6.54 Å². The van der Waals surface area contributed by atoms with Crippen LogP contribution >= 0.6 is 0 Å². The Morgan fingerprint density at radius 1 is 1.18 bits per heavy atom. The first kappa shape index (κ1) is 10.9. The van der Waals surface area contributed by atoms with E-state index in [1.807, 2.05) is 12.1 Å². The van der Waals surface area contributed by atoms with Gasteiger partial charge in [-0.3, -0.25) is 0 Å². The molecule has 17 heavy (non-hydrogen) atoms. The summed E-state index contributed by atoms with van der Waals surface area (Å²) in [7, 11) is 0. The SMILES string of the molecule is N#Cc1cc(F)cc(Cn2cccc2C#N)c1. The van der Waals surface area contributed by atoms with E-state index in [2.05, 4.69) is 0 Å². The van der Waals surface area contributed by atoms with E-state index in [0.29, 0.717) is 17.8 Å². The Morgan fingerprint density at radius 3 is 2.71 bits per heavy atom. The zero-order valence-corrected chi connectivity index (χ0v) is 8.89. The maximum atomic E-state index is 13.2. The average Bonchev–Trinajstić information content (AvgIpc) is 2.75. The molecule has 0 N–H and O–H groups in total. The average molecular weight is 225 g/mol. The molecular formula is C13H8FN3. The lowest BCUT2D eigenvalue weighted by molar-refractivity contribution is 0.623. The van der Waals surface area contributed by atoms with Gasteiger partial charge in [0.15, 0.2) is 0 Å². The molecule has 1 aromatic heterocycles. The Bertz CT molecular complexity index is 629. The fourth-order valence-electron chi connectivity index (χ4n) is 1.66. The molecule has 0 spiro atoms. The van der Waals surface area contributed by atoms with E-state index in [-0.39, 0.29) is 5.56 Å². The summed E-state index contributed by atoms with van der Waals surface area (Å²) in [6.45, 7) is 0.377. The number of halogens is 1. The first-order chi connectivity index (χ1) is 8.22. The molecule has 2 rings (SSSR count). The van der Waals surface area contributed by atoms with E-state index < -0.39 is 5.82 Å². The number of rotatable bonds is 2. The highest BCUT2D eigenvalue weighted by atomic mass is 19.1. The van der Waals surface area contributed by atoms with Crippen LogP contribution in [0, 0.1) is 28.5 Å². The lowest BCUT2D eigenvalue weighted by atomic mass is 10.1. The normalized spacial score (nSPS) is 9.59. The summed E-state index contributed by atoms with van der Waals surface area (Å²) >= 11 is 0. The van der Waals surface area contributed by atoms with Crippen LogP contribution in [0.25, 0.3) is 0 Å². The van der Waals surface area contributed by atoms with E-state index in [0.717, 1.165) is 0 Å². The molecule has 4 heteroatoms. The van der Waals surface area contributed by atoms with Crippen LogP contribution in [0.5, 0.6) is 0 Å². The minimum absolute atomic E-state index is 0.283. The van der Waals surface area contributed by atoms with Gasteiger partial charge in [-0.25, -0.2) is 4.39 Å². The zero-order chi connectivity index (χ0) is 12.3. The van der Waals surface area contributed by atoms with Crippen molar-refractivity contribution in [3.05, 3.63) is 59.2 Å². The molecule has 0 saturated heterocycles. The van der Waals surface area contributed by atoms with Crippen molar-refractivity contribution in [1.82, 2.24) is 4.57 Å². The number of hydrogen-bond donors (Lipinski definition) is 0. The topological polar surface area (TPSA) is 52.5 Å². The molecule has 0 atom stereocenters. The van der Waals surface area contributed by atoms with Gasteiger partial charge in [0.25, 0.3) is 0 Å². The fraction of sp³-hybridized carbons (Fsp3) is 0.0769. The molecule has 0 radical (unpaired) electrons. The summed E-state index contributed by atoms with van der Waals surface area (Å²) in [6, 6.07) is 11.5. The van der Waals surface area contributed by atoms with E-state index in [9.17, 15) is 4.39 Å². The molecule has 0 aliphatic rings. The van der Waals surface area contributed by atoms with E-state index in [4.69, 9.17) is 10.5 Å². The summed E-state index contributed by atoms with van der Waals surface area (Å²) in [5.41, 5.74) is 1.45. The minimum Gasteiger partial charge on any atom is -0.335 e. The molecule has 0 amide bonds. The van der Waals surface area contributed by atoms with Crippen molar-refractivity contribution in [1.29, 1.82) is 10.5 Å². The highest BCUT2D eigenvalue weighted by molar-refractivity contribution is 5.34. The summed E-state index contributed by atoms with van der Waals surface area (Å²) in [5, 5.41) is 17.6. The number of aromatic nitrogens is 1. The third-order valence-electron chi connectivity index (χ3n) is 2.38. The molecule has 2 aromatic rings. The summed E-state index contributed by atoms with van der Waals surface area (Å²) in [4.78, 5) is 0. The standard InChI is InChI=1S/C13H8FN3/c14-12-5-10(7-15)4-11(6-12)9-17-3-1-2-13(17)8-16/h1-6H,9H2. The Labute approximate surface area is 98.0 Å². The van der Waals surface area contributed by atoms with Crippen LogP contribution in [-0.4, -0.2) is 4.57 Å². The largest absolute Gasteiger partial charge is 0.335 e. The quantitative estimate of drug-likeness (QED) is 0.788. The second kappa shape index (κ2) is 4.51. The van der Waals surface area contributed by atoms with Gasteiger partial charge in [-0.05, 0) is 35.9 Å². The molecule has 0 unspecified atom stereocenters. The molecule has 0 bridgehead atoms. The van der Waals surface area contributed by atoms with Crippen LogP contribution in [0.15, 0.2) is 36.5 Å². The maximum Gasteiger partial charge on any atom is 0.124 e. The number of nitrogens with zero attached hydrogens (tertiary/aromatic N) is 3. The molecular weight excluding hydrogens is 217 g/mol. The van der Waals surface area contributed by atoms with Crippen LogP contribution in [0.1, 0.15) is 16.8 Å². The highest BCUT2D eigenvalue weighted by Gasteiger charge is 2.04. The van der Waals surface area contributed by atoms with Crippen LogP contribution in [0.4, 0.5) is 4.39 Å². The number of hydrogen-bond acceptors (Lipinski definition) is 2. The van der Waals surface area contributed by atoms with Gasteiger partial charge in [0.1, 0.15) is 17.6 Å². The predicted octanol–water partition coefficient (Wildman–Crippen LogP) is 2.42. The lowest BCUT2D eigenvalue weighted by Gasteiger charge is -2.05. The molecule has 1 aromatic carbocycles. The summed E-state index contributed by atoms with van der Waals surface area (Å²) in [5.74, 6) is -0.440. The Morgan fingerprint density at radius 2 is 2.00 bits per heavy atom. The molecule has 0 aliphatic heterocycles. The van der Waals surface area contributed by atoms with Crippen LogP contribution in [0.2, 0.25) is 0 Å². The maximum absolute atomic E-state index is 13.2. The van der Waals surface area contributed by atoms with Crippen LogP contribution in [0.3, 0.4) is 0 Å². The Hall–Kier alpha value is -2.59. The van der Waals surface area contributed by atoms with Crippen molar-refractivity contribution in [3.63, 3.8) is 0 Å². The molecule has 82 valence electrons. The Balaban J connectivity index is 2.34. The lowest BCUT2D eigenvalue weighted by Crippen LogP contribution is -2.01. The number of benzene rings is 1. The molecule has 3 nitrogen and oxygen atoms in total. The third kappa shape index (κ3) is 2.32. The summed E-state index contributed by atoms with van der Waals surface area (Å²) < 4.78 is 14.9. The molecule has 0 fully saturated rings. The predicted molar refractivity (Wildman–Crippen MR) is 59.4 cm³/mol. The van der Waals surface area contributed by atoms with Gasteiger partial charge < -0.3 is 4.57 Å². The minimum atomic E-state index is -0.440. The van der Waals surface area contributed by atoms with E-state index in [1.165, 1.54) is 12.1 Å². The van der Waals surface area contributed by atoms with Crippen molar-refractivity contribution in [2.24, 2.45) is 0 Å². The highest BCUT2D eigenvalue weighted by Crippen LogP contribution is 2.11. The second-order valence-electron chi connectivity index (χ2n) is 3.59. The molecule has 0 aliphatic carbocycles. The zero-order valence-electron chi connectivity index (χ0n) is 8.89. The second-order valence-corrected chi connectivity index (χ2v) is 3.59. The van der Waals surface area contributed by atoms with Gasteiger partial charge in [0.2, 0.25) is 0 Å². The fourth-order valence-corrected chi connectivity index (χ4v) is 1.66. The van der Waals surface area contributed by atoms with Gasteiger partial charge in [0.05, 0.1) is 11.6 Å². The van der Waals surface area contributed by atoms with Crippen LogP contribution in [-0.2, 0) is 6.54 Å². The Kier molecular flexibility index (Phi) is 2.89. The van der Waals surface area contributed by atoms with E-state index >= 15 is 0 Å². The van der Waals surface area contributed by atoms with Gasteiger partial charge in [0, 0.05) is 12.7 Å². The van der Waals surface area contributed by atoms with Crippen molar-refractivity contribution in [2.75, 3.05) is 0 Å². The molecule has 0 saturated carbocycles. The smallest absolute Gasteiger partial charge is 0.124 e. The van der Waals surface area contributed by atoms with Gasteiger partial charge >= 0.3 is 0 Å². The van der Waals surface area contributed by atoms with E-state index in [1.54, 1.807) is 29.0 Å². The number of nitriles is 2. The van der Waals surface area contributed by atoms with Gasteiger partial charge in [-0.1, -0.05) is 0 Å². The van der Waals surface area contributed by atoms with Crippen LogP contribution < -0.4 is 0 Å². The van der Waals surface area contributed by atoms with Crippen molar-refractivity contribution >= 4 is 0 Å². The summed E-state index contributed by atoms with van der Waals surface area (Å²) in [6.07, 6.45) is 1.75. The monoisotopic (exact) mass is 225 g/mol. The first-order valence-electron chi connectivity index (χ1n) is 4.98. The van der Waals surface area contributed by atoms with Gasteiger partial charge in [-0.2, -0.15) is 10.5 Å². The molecule has 1 heterocycles. The van der Waals surface area contributed by atoms with Gasteiger partial charge in [-0.15, -0.1) is 0 Å². The van der Waals surface area contributed by atoms with Crippen molar-refractivity contribution in [3.8, 4) is 12.1 Å². The third-order valence-corrected chi connectivity index (χ3v) is 2.38.